The highest BCUT2D eigenvalue weighted by molar-refractivity contribution is 6.30. The number of carboxylic acids is 1. The van der Waals surface area contributed by atoms with Crippen molar-refractivity contribution in [2.75, 3.05) is 0 Å². The lowest BCUT2D eigenvalue weighted by Crippen LogP contribution is -2.31. The summed E-state index contributed by atoms with van der Waals surface area (Å²) in [6.07, 6.45) is -0.276. The van der Waals surface area contributed by atoms with Crippen molar-refractivity contribution >= 4 is 29.2 Å². The molecule has 0 fully saturated rings. The molecule has 2 rings (SSSR count). The van der Waals surface area contributed by atoms with Gasteiger partial charge < -0.3 is 10.4 Å². The highest BCUT2D eigenvalue weighted by Gasteiger charge is 2.23. The molecule has 2 N–H and O–H groups in total. The quantitative estimate of drug-likeness (QED) is 0.523. The molecule has 27 heavy (non-hydrogen) atoms. The van der Waals surface area contributed by atoms with Crippen LogP contribution in [0.1, 0.15) is 35.8 Å². The highest BCUT2D eigenvalue weighted by atomic mass is 35.5. The van der Waals surface area contributed by atoms with Crippen molar-refractivity contribution in [3.63, 3.8) is 0 Å². The third kappa shape index (κ3) is 5.27. The van der Waals surface area contributed by atoms with Crippen molar-refractivity contribution in [2.45, 2.75) is 39.3 Å². The molecule has 9 nitrogen and oxygen atoms in total. The average Bonchev–Trinajstić information content (AvgIpc) is 2.86. The number of hydrogen-bond acceptors (Lipinski definition) is 5. The van der Waals surface area contributed by atoms with Crippen molar-refractivity contribution in [3.8, 4) is 0 Å². The average molecular weight is 395 g/mol. The van der Waals surface area contributed by atoms with Crippen LogP contribution in [0.25, 0.3) is 0 Å². The topological polar surface area (TPSA) is 127 Å². The normalized spacial score (nSPS) is 11.8. The monoisotopic (exact) mass is 394 g/mol. The first-order valence-electron chi connectivity index (χ1n) is 8.14. The summed E-state index contributed by atoms with van der Waals surface area (Å²) < 4.78 is 1.40. The lowest BCUT2D eigenvalue weighted by atomic mass is 10.0. The number of carbonyl (C=O) groups excluding carboxylic acids is 1. The predicted molar refractivity (Wildman–Crippen MR) is 97.6 cm³/mol. The van der Waals surface area contributed by atoms with E-state index in [0.717, 1.165) is 0 Å². The van der Waals surface area contributed by atoms with E-state index >= 15 is 0 Å². The maximum atomic E-state index is 12.3. The maximum Gasteiger partial charge on any atom is 0.312 e. The summed E-state index contributed by atoms with van der Waals surface area (Å²) in [5, 5.41) is 27.4. The largest absolute Gasteiger partial charge is 0.481 e. The van der Waals surface area contributed by atoms with Crippen molar-refractivity contribution in [2.24, 2.45) is 0 Å². The number of carboxylic acid groups (broad SMARTS) is 1. The molecule has 0 radical (unpaired) electrons. The molecule has 0 saturated heterocycles. The summed E-state index contributed by atoms with van der Waals surface area (Å²) in [5.41, 5.74) is 1.20. The lowest BCUT2D eigenvalue weighted by molar-refractivity contribution is -0.386. The number of aryl methyl sites for hydroxylation is 2. The molecule has 0 aliphatic rings. The van der Waals surface area contributed by atoms with Gasteiger partial charge in [-0.05, 0) is 31.5 Å². The van der Waals surface area contributed by atoms with Gasteiger partial charge in [-0.15, -0.1) is 0 Å². The van der Waals surface area contributed by atoms with Crippen LogP contribution in [-0.2, 0) is 16.1 Å². The number of hydrogen-bond donors (Lipinski definition) is 2. The summed E-state index contributed by atoms with van der Waals surface area (Å²) in [4.78, 5) is 33.9. The van der Waals surface area contributed by atoms with Crippen LogP contribution in [-0.4, -0.2) is 31.7 Å². The van der Waals surface area contributed by atoms with E-state index < -0.39 is 16.9 Å². The number of aromatic nitrogens is 2. The zero-order valence-electron chi connectivity index (χ0n) is 14.8. The van der Waals surface area contributed by atoms with Crippen LogP contribution in [0.2, 0.25) is 5.02 Å². The van der Waals surface area contributed by atoms with Gasteiger partial charge >= 0.3 is 11.7 Å². The summed E-state index contributed by atoms with van der Waals surface area (Å²) in [7, 11) is 0. The second kappa shape index (κ2) is 8.63. The van der Waals surface area contributed by atoms with Crippen molar-refractivity contribution in [3.05, 3.63) is 56.4 Å². The van der Waals surface area contributed by atoms with Gasteiger partial charge in [0.1, 0.15) is 11.4 Å². The van der Waals surface area contributed by atoms with Crippen LogP contribution < -0.4 is 5.32 Å². The number of halogens is 1. The van der Waals surface area contributed by atoms with Crippen molar-refractivity contribution in [1.29, 1.82) is 0 Å². The number of carbonyl (C=O) groups is 2. The predicted octanol–water partition coefficient (Wildman–Crippen LogP) is 2.78. The molecular formula is C17H19ClN4O5. The third-order valence-corrected chi connectivity index (χ3v) is 4.31. The Morgan fingerprint density at radius 1 is 1.33 bits per heavy atom. The lowest BCUT2D eigenvalue weighted by Gasteiger charge is -2.17. The second-order valence-corrected chi connectivity index (χ2v) is 6.46. The smallest absolute Gasteiger partial charge is 0.312 e. The van der Waals surface area contributed by atoms with E-state index in [1.165, 1.54) is 11.6 Å². The van der Waals surface area contributed by atoms with Gasteiger partial charge in [0, 0.05) is 11.4 Å². The first kappa shape index (κ1) is 20.4. The molecule has 0 spiro atoms. The minimum absolute atomic E-state index is 0.00280. The molecule has 0 aliphatic heterocycles. The van der Waals surface area contributed by atoms with Crippen LogP contribution in [0.3, 0.4) is 0 Å². The van der Waals surface area contributed by atoms with Gasteiger partial charge in [-0.25, -0.2) is 0 Å². The van der Waals surface area contributed by atoms with Gasteiger partial charge in [0.25, 0.3) is 0 Å². The number of nitrogens with zero attached hydrogens (tertiary/aromatic N) is 3. The van der Waals surface area contributed by atoms with E-state index in [1.807, 2.05) is 0 Å². The number of rotatable bonds is 8. The van der Waals surface area contributed by atoms with Gasteiger partial charge in [-0.3, -0.25) is 24.4 Å². The maximum absolute atomic E-state index is 12.3. The van der Waals surface area contributed by atoms with Gasteiger partial charge in [0.15, 0.2) is 0 Å². The van der Waals surface area contributed by atoms with Gasteiger partial charge in [0.2, 0.25) is 5.91 Å². The Labute approximate surface area is 160 Å². The third-order valence-electron chi connectivity index (χ3n) is 4.06. The van der Waals surface area contributed by atoms with E-state index in [1.54, 1.807) is 31.2 Å². The summed E-state index contributed by atoms with van der Waals surface area (Å²) in [5.74, 6) is -1.43. The van der Waals surface area contributed by atoms with E-state index in [-0.39, 0.29) is 36.7 Å². The molecule has 0 saturated carbocycles. The van der Waals surface area contributed by atoms with Crippen LogP contribution in [0.4, 0.5) is 5.69 Å². The molecule has 2 aromatic rings. The first-order chi connectivity index (χ1) is 12.7. The minimum atomic E-state index is -1.05. The van der Waals surface area contributed by atoms with Gasteiger partial charge in [-0.1, -0.05) is 23.7 Å². The van der Waals surface area contributed by atoms with E-state index in [4.69, 9.17) is 16.7 Å². The van der Waals surface area contributed by atoms with Crippen LogP contribution >= 0.6 is 11.6 Å². The van der Waals surface area contributed by atoms with E-state index in [2.05, 4.69) is 10.4 Å². The molecule has 144 valence electrons. The van der Waals surface area contributed by atoms with Crippen LogP contribution in [0, 0.1) is 24.0 Å². The number of benzene rings is 1. The Hall–Kier alpha value is -2.94. The van der Waals surface area contributed by atoms with Gasteiger partial charge in [-0.2, -0.15) is 5.10 Å². The molecule has 1 amide bonds. The highest BCUT2D eigenvalue weighted by Crippen LogP contribution is 2.22. The molecular weight excluding hydrogens is 376 g/mol. The molecule has 0 unspecified atom stereocenters. The Kier molecular flexibility index (Phi) is 6.51. The second-order valence-electron chi connectivity index (χ2n) is 6.02. The number of nitrogens with one attached hydrogen (secondary N) is 1. The van der Waals surface area contributed by atoms with E-state index in [0.29, 0.717) is 16.3 Å². The van der Waals surface area contributed by atoms with Crippen molar-refractivity contribution in [1.82, 2.24) is 15.1 Å². The van der Waals surface area contributed by atoms with Crippen molar-refractivity contribution < 1.29 is 19.6 Å². The summed E-state index contributed by atoms with van der Waals surface area (Å²) in [6.45, 7) is 3.24. The fourth-order valence-electron chi connectivity index (χ4n) is 2.77. The molecule has 10 heteroatoms. The zero-order valence-corrected chi connectivity index (χ0v) is 15.6. The van der Waals surface area contributed by atoms with Gasteiger partial charge in [0.05, 0.1) is 23.9 Å². The summed E-state index contributed by atoms with van der Waals surface area (Å²) in [6, 6.07) is 5.84. The number of amides is 1. The molecule has 1 heterocycles. The molecule has 0 aliphatic carbocycles. The number of aliphatic carboxylic acids is 1. The number of nitro groups is 1. The van der Waals surface area contributed by atoms with E-state index in [9.17, 15) is 19.7 Å². The fraction of sp³-hybridized carbons (Fsp3) is 0.353. The Balaban J connectivity index is 2.06. The standard InChI is InChI=1S/C17H19ClN4O5/c1-10-17(22(26)27)11(2)21(20-10)8-7-15(23)19-14(9-16(24)25)12-3-5-13(18)6-4-12/h3-6,14H,7-9H2,1-2H3,(H,19,23)(H,24,25)/t14-/m0/s1. The van der Waals surface area contributed by atoms with Crippen LogP contribution in [0.5, 0.6) is 0 Å². The fourth-order valence-corrected chi connectivity index (χ4v) is 2.89. The molecule has 1 aromatic carbocycles. The Morgan fingerprint density at radius 2 is 1.96 bits per heavy atom. The summed E-state index contributed by atoms with van der Waals surface area (Å²) >= 11 is 5.84. The SMILES string of the molecule is Cc1nn(CCC(=O)N[C@@H](CC(=O)O)c2ccc(Cl)cc2)c(C)c1[N+](=O)[O-]. The first-order valence-corrected chi connectivity index (χ1v) is 8.52. The molecule has 1 atom stereocenters. The minimum Gasteiger partial charge on any atom is -0.481 e. The Bertz CT molecular complexity index is 863. The Morgan fingerprint density at radius 3 is 2.48 bits per heavy atom. The van der Waals surface area contributed by atoms with Crippen LogP contribution in [0.15, 0.2) is 24.3 Å². The molecule has 0 bridgehead atoms. The molecule has 1 aromatic heterocycles. The zero-order chi connectivity index (χ0) is 20.1.